The zero-order valence-corrected chi connectivity index (χ0v) is 14.4. The molecule has 0 aliphatic heterocycles. The predicted molar refractivity (Wildman–Crippen MR) is 92.2 cm³/mol. The summed E-state index contributed by atoms with van der Waals surface area (Å²) in [5.74, 6) is -0.406. The Hall–Kier alpha value is -1.67. The van der Waals surface area contributed by atoms with E-state index in [1.807, 2.05) is 0 Å². The molecule has 1 unspecified atom stereocenters. The van der Waals surface area contributed by atoms with Crippen molar-refractivity contribution in [3.63, 3.8) is 0 Å². The molecule has 0 heterocycles. The average molecular weight is 346 g/mol. The number of hydrogen-bond acceptors (Lipinski definition) is 5. The number of amides is 2. The van der Waals surface area contributed by atoms with Crippen molar-refractivity contribution < 1.29 is 19.1 Å². The Balaban J connectivity index is 0.00000484. The van der Waals surface area contributed by atoms with Gasteiger partial charge in [0.1, 0.15) is 6.10 Å². The number of methoxy groups -OCH3 is 2. The number of carbonyl (C=O) groups excluding carboxylic acids is 2. The van der Waals surface area contributed by atoms with Gasteiger partial charge in [0.05, 0.1) is 13.2 Å². The number of ether oxygens (including phenoxy) is 2. The molecule has 7 nitrogen and oxygen atoms in total. The monoisotopic (exact) mass is 345 g/mol. The van der Waals surface area contributed by atoms with Crippen LogP contribution in [0.15, 0.2) is 24.3 Å². The molecule has 0 saturated heterocycles. The maximum Gasteiger partial charge on any atom is 0.253 e. The minimum absolute atomic E-state index is 0. The standard InChI is InChI=1S/C15H23N3O4.ClH/c1-11(22-3)15(20)18-13-6-4-5-12(9-13)17-14(19)10-16-7-8-21-2;/h4-6,9,11,16H,7-8,10H2,1-3H3,(H,17,19)(H,18,20);1H. The lowest BCUT2D eigenvalue weighted by molar-refractivity contribution is -0.124. The summed E-state index contributed by atoms with van der Waals surface area (Å²) in [5.41, 5.74) is 1.21. The number of nitrogens with one attached hydrogen (secondary N) is 3. The van der Waals surface area contributed by atoms with Crippen LogP contribution in [0, 0.1) is 0 Å². The molecule has 0 bridgehead atoms. The summed E-state index contributed by atoms with van der Waals surface area (Å²) in [6.07, 6.45) is -0.539. The third-order valence-electron chi connectivity index (χ3n) is 2.91. The van der Waals surface area contributed by atoms with Gasteiger partial charge in [-0.3, -0.25) is 9.59 Å². The largest absolute Gasteiger partial charge is 0.383 e. The van der Waals surface area contributed by atoms with E-state index in [0.29, 0.717) is 24.5 Å². The summed E-state index contributed by atoms with van der Waals surface area (Å²) in [6, 6.07) is 6.93. The van der Waals surface area contributed by atoms with Crippen molar-refractivity contribution in [2.45, 2.75) is 13.0 Å². The number of benzene rings is 1. The van der Waals surface area contributed by atoms with E-state index in [0.717, 1.165) is 0 Å². The second-order valence-corrected chi connectivity index (χ2v) is 4.67. The SMILES string of the molecule is COCCNCC(=O)Nc1cccc(NC(=O)C(C)OC)c1.Cl. The van der Waals surface area contributed by atoms with Gasteiger partial charge < -0.3 is 25.4 Å². The minimum atomic E-state index is -0.539. The molecule has 23 heavy (non-hydrogen) atoms. The Morgan fingerprint density at radius 1 is 1.17 bits per heavy atom. The molecule has 0 spiro atoms. The van der Waals surface area contributed by atoms with E-state index in [1.165, 1.54) is 7.11 Å². The second-order valence-electron chi connectivity index (χ2n) is 4.67. The smallest absolute Gasteiger partial charge is 0.253 e. The highest BCUT2D eigenvalue weighted by Gasteiger charge is 2.11. The molecule has 130 valence electrons. The third-order valence-corrected chi connectivity index (χ3v) is 2.91. The summed E-state index contributed by atoms with van der Waals surface area (Å²) in [4.78, 5) is 23.5. The van der Waals surface area contributed by atoms with Gasteiger partial charge in [0.25, 0.3) is 5.91 Å². The molecule has 1 atom stereocenters. The van der Waals surface area contributed by atoms with Crippen molar-refractivity contribution >= 4 is 35.6 Å². The van der Waals surface area contributed by atoms with E-state index in [-0.39, 0.29) is 30.8 Å². The van der Waals surface area contributed by atoms with E-state index in [1.54, 1.807) is 38.3 Å². The lowest BCUT2D eigenvalue weighted by Gasteiger charge is -2.12. The zero-order chi connectivity index (χ0) is 16.4. The highest BCUT2D eigenvalue weighted by atomic mass is 35.5. The van der Waals surface area contributed by atoms with Crippen LogP contribution in [-0.4, -0.2) is 51.8 Å². The molecular weight excluding hydrogens is 322 g/mol. The fourth-order valence-corrected chi connectivity index (χ4v) is 1.61. The molecule has 0 radical (unpaired) electrons. The Bertz CT molecular complexity index is 499. The van der Waals surface area contributed by atoms with Gasteiger partial charge in [0, 0.05) is 32.1 Å². The van der Waals surface area contributed by atoms with Gasteiger partial charge in [0.2, 0.25) is 5.91 Å². The van der Waals surface area contributed by atoms with Crippen molar-refractivity contribution in [2.24, 2.45) is 0 Å². The van der Waals surface area contributed by atoms with Gasteiger partial charge >= 0.3 is 0 Å². The van der Waals surface area contributed by atoms with Crippen LogP contribution in [-0.2, 0) is 19.1 Å². The summed E-state index contributed by atoms with van der Waals surface area (Å²) < 4.78 is 9.82. The highest BCUT2D eigenvalue weighted by Crippen LogP contribution is 2.15. The molecule has 0 aliphatic rings. The molecular formula is C15H24ClN3O4. The summed E-state index contributed by atoms with van der Waals surface area (Å²) in [6.45, 7) is 3.01. The third kappa shape index (κ3) is 8.51. The quantitative estimate of drug-likeness (QED) is 0.586. The first-order chi connectivity index (χ1) is 10.6. The molecule has 8 heteroatoms. The van der Waals surface area contributed by atoms with Crippen LogP contribution in [0.2, 0.25) is 0 Å². The number of rotatable bonds is 9. The van der Waals surface area contributed by atoms with Crippen LogP contribution in [0.1, 0.15) is 6.92 Å². The number of hydrogen-bond donors (Lipinski definition) is 3. The number of anilines is 2. The fourth-order valence-electron chi connectivity index (χ4n) is 1.61. The van der Waals surface area contributed by atoms with Gasteiger partial charge in [-0.25, -0.2) is 0 Å². The molecule has 1 aromatic carbocycles. The van der Waals surface area contributed by atoms with E-state index in [2.05, 4.69) is 16.0 Å². The summed E-state index contributed by atoms with van der Waals surface area (Å²) in [7, 11) is 3.07. The van der Waals surface area contributed by atoms with Crippen molar-refractivity contribution in [1.82, 2.24) is 5.32 Å². The maximum atomic E-state index is 11.7. The molecule has 0 aromatic heterocycles. The first-order valence-corrected chi connectivity index (χ1v) is 7.00. The molecule has 0 aliphatic carbocycles. The number of carbonyl (C=O) groups is 2. The predicted octanol–water partition coefficient (Wildman–Crippen LogP) is 1.26. The summed E-state index contributed by atoms with van der Waals surface area (Å²) in [5, 5.41) is 8.42. The summed E-state index contributed by atoms with van der Waals surface area (Å²) >= 11 is 0. The Kier molecular flexibility index (Phi) is 11.0. The number of halogens is 1. The van der Waals surface area contributed by atoms with Crippen molar-refractivity contribution in [1.29, 1.82) is 0 Å². The fraction of sp³-hybridized carbons (Fsp3) is 0.467. The lowest BCUT2D eigenvalue weighted by atomic mass is 10.2. The van der Waals surface area contributed by atoms with Crippen LogP contribution in [0.4, 0.5) is 11.4 Å². The van der Waals surface area contributed by atoms with Gasteiger partial charge in [-0.05, 0) is 25.1 Å². The first-order valence-electron chi connectivity index (χ1n) is 7.00. The Morgan fingerprint density at radius 3 is 2.43 bits per heavy atom. The molecule has 1 aromatic rings. The van der Waals surface area contributed by atoms with Gasteiger partial charge in [-0.15, -0.1) is 12.4 Å². The second kappa shape index (κ2) is 11.8. The molecule has 1 rings (SSSR count). The first kappa shape index (κ1) is 21.3. The van der Waals surface area contributed by atoms with Gasteiger partial charge in [0.15, 0.2) is 0 Å². The normalized spacial score (nSPS) is 11.3. The minimum Gasteiger partial charge on any atom is -0.383 e. The molecule has 0 saturated carbocycles. The van der Waals surface area contributed by atoms with Crippen LogP contribution in [0.5, 0.6) is 0 Å². The van der Waals surface area contributed by atoms with Crippen LogP contribution < -0.4 is 16.0 Å². The molecule has 3 N–H and O–H groups in total. The van der Waals surface area contributed by atoms with Crippen LogP contribution >= 0.6 is 12.4 Å². The van der Waals surface area contributed by atoms with E-state index in [4.69, 9.17) is 9.47 Å². The Morgan fingerprint density at radius 2 is 1.83 bits per heavy atom. The highest BCUT2D eigenvalue weighted by molar-refractivity contribution is 5.96. The van der Waals surface area contributed by atoms with Crippen molar-refractivity contribution in [3.8, 4) is 0 Å². The van der Waals surface area contributed by atoms with Gasteiger partial charge in [-0.1, -0.05) is 6.07 Å². The van der Waals surface area contributed by atoms with Crippen molar-refractivity contribution in [3.05, 3.63) is 24.3 Å². The van der Waals surface area contributed by atoms with E-state index in [9.17, 15) is 9.59 Å². The van der Waals surface area contributed by atoms with Gasteiger partial charge in [-0.2, -0.15) is 0 Å². The average Bonchev–Trinajstić information content (AvgIpc) is 2.51. The molecule has 0 fully saturated rings. The Labute approximate surface area is 142 Å². The van der Waals surface area contributed by atoms with Crippen LogP contribution in [0.3, 0.4) is 0 Å². The van der Waals surface area contributed by atoms with Crippen molar-refractivity contribution in [2.75, 3.05) is 44.5 Å². The molecule has 2 amide bonds. The maximum absolute atomic E-state index is 11.7. The zero-order valence-electron chi connectivity index (χ0n) is 13.5. The topological polar surface area (TPSA) is 88.7 Å². The van der Waals surface area contributed by atoms with E-state index < -0.39 is 6.10 Å². The van der Waals surface area contributed by atoms with E-state index >= 15 is 0 Å². The van der Waals surface area contributed by atoms with Crippen LogP contribution in [0.25, 0.3) is 0 Å². The lowest BCUT2D eigenvalue weighted by Crippen LogP contribution is -2.30.